The Hall–Kier alpha value is -1.01. The summed E-state index contributed by atoms with van der Waals surface area (Å²) in [5.41, 5.74) is 4.43. The van der Waals surface area contributed by atoms with Gasteiger partial charge in [-0.3, -0.25) is 0 Å². The lowest BCUT2D eigenvalue weighted by Crippen LogP contribution is -2.19. The summed E-state index contributed by atoms with van der Waals surface area (Å²) in [5, 5.41) is 8.19. The van der Waals surface area contributed by atoms with Crippen LogP contribution in [-0.4, -0.2) is 19.1 Å². The highest BCUT2D eigenvalue weighted by molar-refractivity contribution is 6.89. The molecule has 0 amide bonds. The van der Waals surface area contributed by atoms with E-state index in [9.17, 15) is 4.79 Å². The molecule has 3 heteroatoms. The maximum Gasteiger partial charge on any atom is 0.381 e. The number of rotatable bonds is 1. The second-order valence-electron chi connectivity index (χ2n) is 2.48. The van der Waals surface area contributed by atoms with E-state index >= 15 is 0 Å². The van der Waals surface area contributed by atoms with Gasteiger partial charge >= 0.3 is 5.97 Å². The summed E-state index contributed by atoms with van der Waals surface area (Å²) in [6.07, 6.45) is 0. The minimum atomic E-state index is -1.72. The molecule has 1 N–H and O–H groups in total. The van der Waals surface area contributed by atoms with Crippen LogP contribution in [0.2, 0.25) is 13.1 Å². The molecule has 0 fully saturated rings. The van der Waals surface area contributed by atoms with Crippen LogP contribution in [0.4, 0.5) is 0 Å². The first kappa shape index (κ1) is 8.99. The summed E-state index contributed by atoms with van der Waals surface area (Å²) in [6.45, 7) is 7.46. The number of carboxylic acid groups (broad SMARTS) is 1. The van der Waals surface area contributed by atoms with E-state index in [1.165, 1.54) is 0 Å². The van der Waals surface area contributed by atoms with Gasteiger partial charge in [0.05, 0.1) is 0 Å². The SMILES string of the molecule is C=C[Si](C)(C)C#CC(=O)O. The Labute approximate surface area is 61.6 Å². The van der Waals surface area contributed by atoms with Crippen LogP contribution in [0.15, 0.2) is 12.3 Å². The van der Waals surface area contributed by atoms with Crippen LogP contribution in [0, 0.1) is 11.5 Å². The van der Waals surface area contributed by atoms with Gasteiger partial charge < -0.3 is 5.11 Å². The van der Waals surface area contributed by atoms with E-state index in [0.717, 1.165) is 0 Å². The van der Waals surface area contributed by atoms with Gasteiger partial charge in [0.25, 0.3) is 0 Å². The zero-order valence-corrected chi connectivity index (χ0v) is 7.14. The quantitative estimate of drug-likeness (QED) is 0.453. The molecule has 10 heavy (non-hydrogen) atoms. The number of aliphatic carboxylic acids is 1. The predicted molar refractivity (Wildman–Crippen MR) is 43.1 cm³/mol. The van der Waals surface area contributed by atoms with Gasteiger partial charge in [-0.25, -0.2) is 4.79 Å². The number of hydrogen-bond donors (Lipinski definition) is 1. The van der Waals surface area contributed by atoms with Gasteiger partial charge in [-0.1, -0.05) is 18.8 Å². The summed E-state index contributed by atoms with van der Waals surface area (Å²) < 4.78 is 0. The zero-order chi connectivity index (χ0) is 8.20. The second-order valence-corrected chi connectivity index (χ2v) is 6.58. The van der Waals surface area contributed by atoms with Crippen LogP contribution in [0.3, 0.4) is 0 Å². The van der Waals surface area contributed by atoms with Crippen molar-refractivity contribution in [3.05, 3.63) is 12.3 Å². The summed E-state index contributed by atoms with van der Waals surface area (Å²) in [7, 11) is -1.72. The fourth-order valence-corrected chi connectivity index (χ4v) is 0.797. The second kappa shape index (κ2) is 3.23. The molecule has 54 valence electrons. The zero-order valence-electron chi connectivity index (χ0n) is 6.14. The predicted octanol–water partition coefficient (Wildman–Crippen LogP) is 1.05. The highest BCUT2D eigenvalue weighted by Gasteiger charge is 2.11. The van der Waals surface area contributed by atoms with Gasteiger partial charge in [0.1, 0.15) is 0 Å². The molecule has 0 bridgehead atoms. The van der Waals surface area contributed by atoms with Gasteiger partial charge in [-0.05, 0) is 0 Å². The monoisotopic (exact) mass is 154 g/mol. The molecular formula is C7H10O2Si. The van der Waals surface area contributed by atoms with Gasteiger partial charge in [-0.15, -0.1) is 12.1 Å². The van der Waals surface area contributed by atoms with E-state index in [-0.39, 0.29) is 0 Å². The van der Waals surface area contributed by atoms with E-state index < -0.39 is 14.0 Å². The first-order valence-corrected chi connectivity index (χ1v) is 5.95. The van der Waals surface area contributed by atoms with Crippen LogP contribution >= 0.6 is 0 Å². The van der Waals surface area contributed by atoms with Gasteiger partial charge in [0.15, 0.2) is 8.07 Å². The van der Waals surface area contributed by atoms with Crippen LogP contribution in [-0.2, 0) is 4.79 Å². The van der Waals surface area contributed by atoms with Gasteiger partial charge in [-0.2, -0.15) is 0 Å². The van der Waals surface area contributed by atoms with Crippen molar-refractivity contribution in [2.75, 3.05) is 0 Å². The Bertz CT molecular complexity index is 207. The van der Waals surface area contributed by atoms with Crippen molar-refractivity contribution in [3.63, 3.8) is 0 Å². The average molecular weight is 154 g/mol. The van der Waals surface area contributed by atoms with E-state index in [0.29, 0.717) is 0 Å². The topological polar surface area (TPSA) is 37.3 Å². The van der Waals surface area contributed by atoms with E-state index in [1.54, 1.807) is 5.70 Å². The average Bonchev–Trinajstić information content (AvgIpc) is 1.85. The van der Waals surface area contributed by atoms with Crippen molar-refractivity contribution in [1.82, 2.24) is 0 Å². The van der Waals surface area contributed by atoms with E-state index in [1.807, 2.05) is 13.1 Å². The minimum Gasteiger partial charge on any atom is -0.472 e. The molecule has 0 aliphatic rings. The third-order valence-corrected chi connectivity index (χ3v) is 2.79. The highest BCUT2D eigenvalue weighted by atomic mass is 28.3. The summed E-state index contributed by atoms with van der Waals surface area (Å²) in [4.78, 5) is 9.98. The molecule has 0 heterocycles. The van der Waals surface area contributed by atoms with Crippen molar-refractivity contribution >= 4 is 14.0 Å². The van der Waals surface area contributed by atoms with Crippen LogP contribution in [0.25, 0.3) is 0 Å². The Morgan fingerprint density at radius 2 is 2.20 bits per heavy atom. The molecule has 2 nitrogen and oxygen atoms in total. The van der Waals surface area contributed by atoms with E-state index in [4.69, 9.17) is 5.11 Å². The summed E-state index contributed by atoms with van der Waals surface area (Å²) in [5.74, 6) is 1.03. The molecule has 0 unspecified atom stereocenters. The van der Waals surface area contributed by atoms with Crippen molar-refractivity contribution in [1.29, 1.82) is 0 Å². The first-order chi connectivity index (χ1) is 4.48. The van der Waals surface area contributed by atoms with Crippen molar-refractivity contribution < 1.29 is 9.90 Å². The summed E-state index contributed by atoms with van der Waals surface area (Å²) in [6, 6.07) is 0. The number of carboxylic acids is 1. The van der Waals surface area contributed by atoms with Crippen molar-refractivity contribution in [2.45, 2.75) is 13.1 Å². The Kier molecular flexibility index (Phi) is 2.90. The van der Waals surface area contributed by atoms with E-state index in [2.05, 4.69) is 18.0 Å². The normalized spacial score (nSPS) is 9.40. The lowest BCUT2D eigenvalue weighted by atomic mass is 10.7. The maximum atomic E-state index is 9.98. The molecule has 0 atom stereocenters. The van der Waals surface area contributed by atoms with Crippen LogP contribution < -0.4 is 0 Å². The molecule has 0 saturated heterocycles. The Morgan fingerprint density at radius 3 is 2.50 bits per heavy atom. The molecule has 0 aliphatic carbocycles. The van der Waals surface area contributed by atoms with Crippen LogP contribution in [0.1, 0.15) is 0 Å². The first-order valence-electron chi connectivity index (χ1n) is 2.87. The molecule has 0 radical (unpaired) electrons. The molecule has 0 spiro atoms. The molecule has 0 saturated carbocycles. The van der Waals surface area contributed by atoms with Crippen molar-refractivity contribution in [2.24, 2.45) is 0 Å². The molecule has 0 aromatic rings. The largest absolute Gasteiger partial charge is 0.472 e. The van der Waals surface area contributed by atoms with Crippen LogP contribution in [0.5, 0.6) is 0 Å². The molecule has 0 aromatic carbocycles. The maximum absolute atomic E-state index is 9.98. The fraction of sp³-hybridized carbons (Fsp3) is 0.286. The molecular weight excluding hydrogens is 144 g/mol. The lowest BCUT2D eigenvalue weighted by Gasteiger charge is -2.04. The fourth-order valence-electron chi connectivity index (χ4n) is 0.266. The smallest absolute Gasteiger partial charge is 0.381 e. The van der Waals surface area contributed by atoms with Crippen molar-refractivity contribution in [3.8, 4) is 11.5 Å². The standard InChI is InChI=1S/C7H10O2Si/c1-4-10(2,3)6-5-7(8)9/h4H,1H2,2-3H3,(H,8,9). The lowest BCUT2D eigenvalue weighted by molar-refractivity contribution is -0.130. The molecule has 0 aliphatic heterocycles. The summed E-state index contributed by atoms with van der Waals surface area (Å²) >= 11 is 0. The number of carbonyl (C=O) groups is 1. The van der Waals surface area contributed by atoms with Gasteiger partial charge in [0.2, 0.25) is 0 Å². The Balaban J connectivity index is 4.29. The number of hydrogen-bond acceptors (Lipinski definition) is 1. The molecule has 0 aromatic heterocycles. The minimum absolute atomic E-state index is 1.07. The highest BCUT2D eigenvalue weighted by Crippen LogP contribution is 1.98. The third kappa shape index (κ3) is 3.93. The van der Waals surface area contributed by atoms with Gasteiger partial charge in [0, 0.05) is 5.92 Å². The Morgan fingerprint density at radius 1 is 1.70 bits per heavy atom. The molecule has 0 rings (SSSR count). The third-order valence-electron chi connectivity index (χ3n) is 1.00.